The van der Waals surface area contributed by atoms with Crippen molar-refractivity contribution in [1.82, 2.24) is 4.90 Å². The Morgan fingerprint density at radius 3 is 2.31 bits per heavy atom. The second kappa shape index (κ2) is 16.9. The summed E-state index contributed by atoms with van der Waals surface area (Å²) in [6.07, 6.45) is 7.81. The lowest BCUT2D eigenvalue weighted by Gasteiger charge is -2.40. The van der Waals surface area contributed by atoms with E-state index in [-0.39, 0.29) is 30.0 Å². The highest BCUT2D eigenvalue weighted by atomic mass is 35.5. The van der Waals surface area contributed by atoms with Crippen LogP contribution in [0.15, 0.2) is 78.5 Å². The van der Waals surface area contributed by atoms with Crippen molar-refractivity contribution in [2.24, 2.45) is 0 Å². The molecule has 1 aliphatic heterocycles. The zero-order valence-electron chi connectivity index (χ0n) is 29.4. The number of carbonyl (C=O) groups is 1. The van der Waals surface area contributed by atoms with E-state index in [2.05, 4.69) is 50.6 Å². The van der Waals surface area contributed by atoms with Crippen molar-refractivity contribution in [1.29, 1.82) is 0 Å². The van der Waals surface area contributed by atoms with Crippen LogP contribution in [0.5, 0.6) is 5.75 Å². The zero-order valence-corrected chi connectivity index (χ0v) is 30.9. The molecule has 7 heteroatoms. The van der Waals surface area contributed by atoms with Gasteiger partial charge < -0.3 is 15.0 Å². The van der Waals surface area contributed by atoms with Gasteiger partial charge in [-0.25, -0.2) is 4.39 Å². The third kappa shape index (κ3) is 9.03. The molecule has 1 heterocycles. The van der Waals surface area contributed by atoms with E-state index in [9.17, 15) is 9.18 Å². The van der Waals surface area contributed by atoms with Crippen LogP contribution in [0.1, 0.15) is 114 Å². The van der Waals surface area contributed by atoms with Crippen LogP contribution in [0.2, 0.25) is 10.0 Å². The maximum Gasteiger partial charge on any atom is 0.225 e. The fourth-order valence-corrected chi connectivity index (χ4v) is 7.43. The Morgan fingerprint density at radius 2 is 1.65 bits per heavy atom. The van der Waals surface area contributed by atoms with Crippen LogP contribution in [-0.2, 0) is 4.79 Å². The summed E-state index contributed by atoms with van der Waals surface area (Å²) in [5.41, 5.74) is 5.85. The van der Waals surface area contributed by atoms with E-state index in [0.29, 0.717) is 22.2 Å². The SMILES string of the molecule is C=C(N1CCCC1)C(CC)(CC)Oc1ccc(Cl)cc1C(CC(=O)Nc1cc(Cl)ccc1C(C)c1cc(F)ccc1C)C/C(C)=C\CC. The van der Waals surface area contributed by atoms with Crippen LogP contribution in [0.25, 0.3) is 0 Å². The van der Waals surface area contributed by atoms with Gasteiger partial charge in [-0.15, -0.1) is 0 Å². The predicted molar refractivity (Wildman–Crippen MR) is 200 cm³/mol. The lowest BCUT2D eigenvalue weighted by molar-refractivity contribution is -0.116. The predicted octanol–water partition coefficient (Wildman–Crippen LogP) is 12.0. The van der Waals surface area contributed by atoms with Crippen LogP contribution in [0.3, 0.4) is 0 Å². The number of nitrogens with one attached hydrogen (secondary N) is 1. The molecule has 2 atom stereocenters. The summed E-state index contributed by atoms with van der Waals surface area (Å²) in [4.78, 5) is 16.4. The molecule has 0 spiro atoms. The van der Waals surface area contributed by atoms with Crippen molar-refractivity contribution >= 4 is 34.8 Å². The zero-order chi connectivity index (χ0) is 35.0. The molecule has 1 fully saturated rings. The fourth-order valence-electron chi connectivity index (χ4n) is 7.08. The van der Waals surface area contributed by atoms with Gasteiger partial charge in [-0.1, -0.05) is 81.3 Å². The number of hydrogen-bond donors (Lipinski definition) is 1. The largest absolute Gasteiger partial charge is 0.481 e. The topological polar surface area (TPSA) is 41.6 Å². The minimum absolute atomic E-state index is 0.152. The maximum atomic E-state index is 14.3. The van der Waals surface area contributed by atoms with Crippen molar-refractivity contribution in [2.75, 3.05) is 18.4 Å². The summed E-state index contributed by atoms with van der Waals surface area (Å²) in [7, 11) is 0. The van der Waals surface area contributed by atoms with Crippen molar-refractivity contribution in [3.05, 3.63) is 117 Å². The second-order valence-corrected chi connectivity index (χ2v) is 14.1. The number of hydrogen-bond acceptors (Lipinski definition) is 3. The first-order chi connectivity index (χ1) is 22.9. The van der Waals surface area contributed by atoms with Gasteiger partial charge in [0.05, 0.1) is 5.70 Å². The van der Waals surface area contributed by atoms with Gasteiger partial charge in [-0.05, 0) is 117 Å². The van der Waals surface area contributed by atoms with Crippen molar-refractivity contribution in [3.63, 3.8) is 0 Å². The summed E-state index contributed by atoms with van der Waals surface area (Å²) in [6.45, 7) is 19.0. The molecule has 0 radical (unpaired) electrons. The Labute approximate surface area is 297 Å². The molecule has 3 aromatic rings. The second-order valence-electron chi connectivity index (χ2n) is 13.2. The molecule has 258 valence electrons. The summed E-state index contributed by atoms with van der Waals surface area (Å²) in [6, 6.07) is 16.0. The van der Waals surface area contributed by atoms with Crippen LogP contribution >= 0.6 is 23.2 Å². The Morgan fingerprint density at radius 1 is 0.979 bits per heavy atom. The van der Waals surface area contributed by atoms with Crippen LogP contribution < -0.4 is 10.1 Å². The van der Waals surface area contributed by atoms with Gasteiger partial charge in [0.2, 0.25) is 5.91 Å². The highest BCUT2D eigenvalue weighted by molar-refractivity contribution is 6.31. The Kier molecular flexibility index (Phi) is 13.2. The molecule has 0 bridgehead atoms. The molecule has 48 heavy (non-hydrogen) atoms. The normalized spacial score (nSPS) is 14.9. The van der Waals surface area contributed by atoms with E-state index >= 15 is 0 Å². The van der Waals surface area contributed by atoms with Crippen molar-refractivity contribution < 1.29 is 13.9 Å². The number of aryl methyl sites for hydroxylation is 1. The van der Waals surface area contributed by atoms with Gasteiger partial charge in [0.1, 0.15) is 17.2 Å². The smallest absolute Gasteiger partial charge is 0.225 e. The molecule has 3 aromatic carbocycles. The minimum Gasteiger partial charge on any atom is -0.481 e. The van der Waals surface area contributed by atoms with E-state index in [1.807, 2.05) is 38.1 Å². The van der Waals surface area contributed by atoms with Gasteiger partial charge in [-0.2, -0.15) is 0 Å². The number of benzene rings is 3. The molecule has 0 aromatic heterocycles. The molecule has 1 amide bonds. The molecule has 0 saturated carbocycles. The highest BCUT2D eigenvalue weighted by Gasteiger charge is 2.37. The number of halogens is 3. The highest BCUT2D eigenvalue weighted by Crippen LogP contribution is 2.42. The third-order valence-electron chi connectivity index (χ3n) is 9.89. The number of anilines is 1. The van der Waals surface area contributed by atoms with E-state index in [1.165, 1.54) is 11.6 Å². The number of amides is 1. The van der Waals surface area contributed by atoms with Crippen molar-refractivity contribution in [2.45, 2.75) is 104 Å². The molecule has 2 unspecified atom stereocenters. The van der Waals surface area contributed by atoms with Gasteiger partial charge in [0, 0.05) is 47.1 Å². The van der Waals surface area contributed by atoms with Gasteiger partial charge in [-0.3, -0.25) is 4.79 Å². The van der Waals surface area contributed by atoms with Crippen molar-refractivity contribution in [3.8, 4) is 5.75 Å². The average Bonchev–Trinajstić information content (AvgIpc) is 3.60. The molecule has 1 saturated heterocycles. The number of rotatable bonds is 15. The number of likely N-dealkylation sites (tertiary alicyclic amines) is 1. The van der Waals surface area contributed by atoms with Crippen LogP contribution in [-0.4, -0.2) is 29.5 Å². The first-order valence-electron chi connectivity index (χ1n) is 17.3. The summed E-state index contributed by atoms with van der Waals surface area (Å²) >= 11 is 13.1. The quantitative estimate of drug-likeness (QED) is 0.161. The fraction of sp³-hybridized carbons (Fsp3) is 0.439. The molecular weight excluding hydrogens is 642 g/mol. The number of nitrogens with zero attached hydrogens (tertiary/aromatic N) is 1. The van der Waals surface area contributed by atoms with Gasteiger partial charge >= 0.3 is 0 Å². The lowest BCUT2D eigenvalue weighted by Crippen LogP contribution is -2.43. The minimum atomic E-state index is -0.575. The van der Waals surface area contributed by atoms with Gasteiger partial charge in [0.25, 0.3) is 0 Å². The summed E-state index contributed by atoms with van der Waals surface area (Å²) < 4.78 is 21.3. The first kappa shape index (κ1) is 37.5. The molecule has 1 N–H and O–H groups in total. The van der Waals surface area contributed by atoms with E-state index < -0.39 is 5.60 Å². The number of ether oxygens (including phenoxy) is 1. The first-order valence-corrected chi connectivity index (χ1v) is 18.1. The Balaban J connectivity index is 1.69. The lowest BCUT2D eigenvalue weighted by atomic mass is 9.87. The van der Waals surface area contributed by atoms with E-state index in [1.54, 1.807) is 24.3 Å². The Hall–Kier alpha value is -3.28. The van der Waals surface area contributed by atoms with Crippen LogP contribution in [0, 0.1) is 12.7 Å². The Bertz CT molecular complexity index is 1620. The van der Waals surface area contributed by atoms with E-state index in [4.69, 9.17) is 27.9 Å². The maximum absolute atomic E-state index is 14.3. The molecule has 1 aliphatic rings. The third-order valence-corrected chi connectivity index (χ3v) is 10.4. The number of carbonyl (C=O) groups excluding carboxylic acids is 1. The summed E-state index contributed by atoms with van der Waals surface area (Å²) in [5.74, 6) is -0.103. The number of allylic oxidation sites excluding steroid dienone is 2. The van der Waals surface area contributed by atoms with E-state index in [0.717, 1.165) is 78.9 Å². The molecular formula is C41H51Cl2FN2O2. The van der Waals surface area contributed by atoms with Crippen LogP contribution in [0.4, 0.5) is 10.1 Å². The molecule has 0 aliphatic carbocycles. The standard InChI is InChI=1S/C41H51Cl2FN2O2/c1-8-13-27(4)22-31(37-24-32(42)16-19-39(37)48-41(9-2,10-3)30(7)46-20-11-12-21-46)23-40(47)45-38-25-33(43)15-18-35(38)29(6)36-26-34(44)17-14-28(36)5/h13-19,24-26,29,31H,7-12,20-23H2,1-6H3,(H,45,47)/b27-13-. The summed E-state index contributed by atoms with van der Waals surface area (Å²) in [5, 5.41) is 4.27. The molecule has 4 nitrogen and oxygen atoms in total. The monoisotopic (exact) mass is 692 g/mol. The molecule has 4 rings (SSSR count). The van der Waals surface area contributed by atoms with Gasteiger partial charge in [0.15, 0.2) is 0 Å². The average molecular weight is 694 g/mol.